The summed E-state index contributed by atoms with van der Waals surface area (Å²) >= 11 is 14.3. The van der Waals surface area contributed by atoms with Crippen LogP contribution in [0.2, 0.25) is 10.0 Å². The number of nitrogens with one attached hydrogen (secondary N) is 4. The Balaban J connectivity index is 0.964. The third-order valence-corrected chi connectivity index (χ3v) is 15.4. The number of carbonyl (C=O) groups is 4. The van der Waals surface area contributed by atoms with E-state index < -0.39 is 53.0 Å². The molecule has 17 heteroatoms. The van der Waals surface area contributed by atoms with Gasteiger partial charge in [-0.2, -0.15) is 0 Å². The number of nitrogens with zero attached hydrogens (tertiary/aromatic N) is 3. The standard InChI is InChI=1S/C53H64Cl2N8O6S/c1-29-20-35(46(57)39-22-37(15-17-42(39)56)69-32(4)45-40(54)24-58-25-41(45)55)14-16-38(29)49(66)59-27-53(18-8-9-19-53)23-44(65)62-48(52(5,6)7)51(68)63-26-36(64)21-43(63)50(67)61-30(2)33-10-12-34(13-11-33)47-31(3)60-28-70-47/h10-17,20,22,24-25,28,30,32,36,39,42-43,48,57,64H,8-9,18-19,21,23,26-27,56H2,1-7H3,(H,59,66)(H,61,67)(H,62,65)/t30-,32+,36+,39?,42?,43-,48+/m0/s1. The lowest BCUT2D eigenvalue weighted by molar-refractivity contribution is -0.144. The largest absolute Gasteiger partial charge is 0.486 e. The van der Waals surface area contributed by atoms with Gasteiger partial charge in [0.1, 0.15) is 23.9 Å². The number of aromatic nitrogens is 2. The number of carbonyl (C=O) groups excluding carboxylic acids is 4. The normalized spacial score (nSPS) is 21.1. The molecule has 4 aromatic rings. The number of thiazole rings is 1. The van der Waals surface area contributed by atoms with Gasteiger partial charge in [-0.15, -0.1) is 11.3 Å². The molecule has 1 saturated carbocycles. The highest BCUT2D eigenvalue weighted by molar-refractivity contribution is 7.13. The number of halogens is 2. The molecule has 2 aromatic heterocycles. The van der Waals surface area contributed by atoms with Crippen LogP contribution in [0, 0.1) is 36.0 Å². The van der Waals surface area contributed by atoms with Crippen LogP contribution in [0.1, 0.15) is 124 Å². The fraction of sp³-hybridized carbons (Fsp3) is 0.453. The molecule has 1 aliphatic heterocycles. The third-order valence-electron chi connectivity index (χ3n) is 13.9. The van der Waals surface area contributed by atoms with Crippen LogP contribution in [0.5, 0.6) is 0 Å². The molecule has 14 nitrogen and oxygen atoms in total. The monoisotopic (exact) mass is 1010 g/mol. The minimum absolute atomic E-state index is 0.0361. The molecule has 7 N–H and O–H groups in total. The third kappa shape index (κ3) is 12.0. The van der Waals surface area contributed by atoms with Crippen molar-refractivity contribution in [1.82, 2.24) is 30.8 Å². The van der Waals surface area contributed by atoms with Crippen LogP contribution >= 0.6 is 34.5 Å². The summed E-state index contributed by atoms with van der Waals surface area (Å²) in [4.78, 5) is 67.1. The molecular formula is C53H64Cl2N8O6S. The number of benzene rings is 2. The van der Waals surface area contributed by atoms with Gasteiger partial charge in [-0.3, -0.25) is 24.2 Å². The number of hydrogen-bond donors (Lipinski definition) is 6. The predicted molar refractivity (Wildman–Crippen MR) is 275 cm³/mol. The first-order valence-electron chi connectivity index (χ1n) is 23.8. The summed E-state index contributed by atoms with van der Waals surface area (Å²) in [7, 11) is 0. The van der Waals surface area contributed by atoms with E-state index in [0.29, 0.717) is 50.9 Å². The molecule has 4 amide bonds. The summed E-state index contributed by atoms with van der Waals surface area (Å²) in [5.41, 5.74) is 12.5. The quantitative estimate of drug-likeness (QED) is 0.0592. The Morgan fingerprint density at radius 1 is 1.03 bits per heavy atom. The SMILES string of the molecule is Cc1cc(C(=N)C2C=C(O[C@H](C)c3c(Cl)cncc3Cl)C=CC2N)ccc1C(=O)NCC1(CC(=O)N[C@H](C(=O)N2C[C@H](O)C[C@H]2C(=O)N[C@@H](C)c2ccc(-c3scnc3C)cc2)C(C)(C)C)CCCC1. The van der Waals surface area contributed by atoms with Gasteiger partial charge in [0.25, 0.3) is 5.91 Å². The van der Waals surface area contributed by atoms with Crippen LogP contribution in [-0.4, -0.2) is 86.6 Å². The molecule has 7 atom stereocenters. The Hall–Kier alpha value is -5.45. The molecule has 1 saturated heterocycles. The zero-order chi connectivity index (χ0) is 50.7. The Morgan fingerprint density at radius 2 is 1.71 bits per heavy atom. The van der Waals surface area contributed by atoms with Crippen molar-refractivity contribution in [3.8, 4) is 10.4 Å². The van der Waals surface area contributed by atoms with Crippen molar-refractivity contribution in [2.24, 2.45) is 22.5 Å². The Morgan fingerprint density at radius 3 is 2.34 bits per heavy atom. The van der Waals surface area contributed by atoms with E-state index in [9.17, 15) is 24.3 Å². The molecule has 2 unspecified atom stereocenters. The van der Waals surface area contributed by atoms with Crippen LogP contribution in [0.15, 0.2) is 84.4 Å². The Bertz CT molecular complexity index is 2650. The Labute approximate surface area is 424 Å². The fourth-order valence-electron chi connectivity index (χ4n) is 9.85. The number of aliphatic hydroxyl groups is 1. The molecule has 7 rings (SSSR count). The van der Waals surface area contributed by atoms with Gasteiger partial charge in [-0.05, 0) is 97.9 Å². The van der Waals surface area contributed by atoms with E-state index in [-0.39, 0.29) is 55.4 Å². The molecule has 0 spiro atoms. The second-order valence-electron chi connectivity index (χ2n) is 20.2. The molecule has 3 aliphatic rings. The number of β-amino-alcohol motifs (C(OH)–C–C–N with tert-alkyl or cyclic N) is 1. The van der Waals surface area contributed by atoms with Gasteiger partial charge in [0.05, 0.1) is 38.3 Å². The van der Waals surface area contributed by atoms with E-state index in [1.54, 1.807) is 47.8 Å². The average molecular weight is 1010 g/mol. The first kappa shape index (κ1) is 52.4. The number of nitrogens with two attached hydrogens (primary N) is 1. The highest BCUT2D eigenvalue weighted by Gasteiger charge is 2.46. The van der Waals surface area contributed by atoms with Gasteiger partial charge in [0.2, 0.25) is 17.7 Å². The van der Waals surface area contributed by atoms with Crippen LogP contribution in [0.25, 0.3) is 10.4 Å². The van der Waals surface area contributed by atoms with Gasteiger partial charge in [-0.25, -0.2) is 4.98 Å². The summed E-state index contributed by atoms with van der Waals surface area (Å²) < 4.78 is 6.20. The fourth-order valence-corrected chi connectivity index (χ4v) is 11.3. The summed E-state index contributed by atoms with van der Waals surface area (Å²) in [6.45, 7) is 13.3. The lowest BCUT2D eigenvalue weighted by Gasteiger charge is -2.36. The van der Waals surface area contributed by atoms with Gasteiger partial charge in [0, 0.05) is 67.1 Å². The molecule has 70 heavy (non-hydrogen) atoms. The lowest BCUT2D eigenvalue weighted by Crippen LogP contribution is -2.58. The number of hydrogen-bond acceptors (Lipinski definition) is 11. The number of allylic oxidation sites excluding steroid dienone is 1. The smallest absolute Gasteiger partial charge is 0.251 e. The van der Waals surface area contributed by atoms with Gasteiger partial charge in [-0.1, -0.05) is 93.2 Å². The minimum Gasteiger partial charge on any atom is -0.486 e. The van der Waals surface area contributed by atoms with Crippen molar-refractivity contribution in [1.29, 1.82) is 5.41 Å². The van der Waals surface area contributed by atoms with E-state index in [1.807, 2.05) is 78.2 Å². The number of aryl methyl sites for hydroxylation is 2. The van der Waals surface area contributed by atoms with Crippen LogP contribution in [-0.2, 0) is 19.1 Å². The summed E-state index contributed by atoms with van der Waals surface area (Å²) in [5, 5.41) is 29.9. The Kier molecular flexibility index (Phi) is 16.4. The van der Waals surface area contributed by atoms with Gasteiger partial charge < -0.3 is 41.8 Å². The van der Waals surface area contributed by atoms with Gasteiger partial charge >= 0.3 is 0 Å². The molecule has 372 valence electrons. The molecule has 2 fully saturated rings. The van der Waals surface area contributed by atoms with E-state index in [0.717, 1.165) is 34.5 Å². The molecular weight excluding hydrogens is 948 g/mol. The minimum atomic E-state index is -0.990. The highest BCUT2D eigenvalue weighted by Crippen LogP contribution is 2.41. The summed E-state index contributed by atoms with van der Waals surface area (Å²) in [6, 6.07) is 10.4. The molecule has 2 aliphatic carbocycles. The maximum Gasteiger partial charge on any atom is 0.251 e. The van der Waals surface area contributed by atoms with Crippen molar-refractivity contribution < 1.29 is 29.0 Å². The second kappa shape index (κ2) is 21.9. The molecule has 0 radical (unpaired) electrons. The van der Waals surface area contributed by atoms with Crippen molar-refractivity contribution in [3.05, 3.63) is 128 Å². The summed E-state index contributed by atoms with van der Waals surface area (Å²) in [5.74, 6) is -1.43. The van der Waals surface area contributed by atoms with Crippen molar-refractivity contribution in [3.63, 3.8) is 0 Å². The highest BCUT2D eigenvalue weighted by atomic mass is 35.5. The topological polar surface area (TPSA) is 213 Å². The zero-order valence-electron chi connectivity index (χ0n) is 40.8. The van der Waals surface area contributed by atoms with Gasteiger partial charge in [0.15, 0.2) is 0 Å². The van der Waals surface area contributed by atoms with Crippen molar-refractivity contribution in [2.75, 3.05) is 13.1 Å². The van der Waals surface area contributed by atoms with Crippen LogP contribution in [0.4, 0.5) is 0 Å². The van der Waals surface area contributed by atoms with E-state index in [4.69, 9.17) is 39.1 Å². The van der Waals surface area contributed by atoms with E-state index in [1.165, 1.54) is 17.3 Å². The zero-order valence-corrected chi connectivity index (χ0v) is 43.1. The average Bonchev–Trinajstić information content (AvgIpc) is 4.07. The molecule has 3 heterocycles. The van der Waals surface area contributed by atoms with Crippen molar-refractivity contribution >= 4 is 63.9 Å². The van der Waals surface area contributed by atoms with Crippen molar-refractivity contribution in [2.45, 2.75) is 123 Å². The van der Waals surface area contributed by atoms with E-state index >= 15 is 0 Å². The first-order valence-corrected chi connectivity index (χ1v) is 25.5. The predicted octanol–water partition coefficient (Wildman–Crippen LogP) is 8.72. The number of amides is 4. The number of ether oxygens (including phenoxy) is 1. The van der Waals surface area contributed by atoms with E-state index in [2.05, 4.69) is 25.9 Å². The number of pyridine rings is 1. The van der Waals surface area contributed by atoms with Crippen LogP contribution < -0.4 is 21.7 Å². The summed E-state index contributed by atoms with van der Waals surface area (Å²) in [6.07, 6.45) is 10.3. The molecule has 0 bridgehead atoms. The maximum atomic E-state index is 14.5. The van der Waals surface area contributed by atoms with Crippen LogP contribution in [0.3, 0.4) is 0 Å². The lowest BCUT2D eigenvalue weighted by atomic mass is 9.81. The second-order valence-corrected chi connectivity index (χ2v) is 21.9. The maximum absolute atomic E-state index is 14.5. The number of likely N-dealkylation sites (tertiary alicyclic amines) is 1. The number of aliphatic hydroxyl groups excluding tert-OH is 1. The molecule has 2 aromatic carbocycles. The first-order chi connectivity index (χ1) is 33.1. The number of rotatable bonds is 16.